The van der Waals surface area contributed by atoms with Crippen LogP contribution >= 0.6 is 11.6 Å². The third kappa shape index (κ3) is 6.82. The molecule has 0 saturated heterocycles. The van der Waals surface area contributed by atoms with Crippen LogP contribution in [0.2, 0.25) is 5.02 Å². The van der Waals surface area contributed by atoms with Crippen molar-refractivity contribution in [1.82, 2.24) is 10.6 Å². The Morgan fingerprint density at radius 2 is 1.56 bits per heavy atom. The first-order valence-electron chi connectivity index (χ1n) is 7.82. The summed E-state index contributed by atoms with van der Waals surface area (Å²) in [6.07, 6.45) is 0.225. The second-order valence-corrected chi connectivity index (χ2v) is 5.82. The van der Waals surface area contributed by atoms with Crippen molar-refractivity contribution in [3.63, 3.8) is 0 Å². The van der Waals surface area contributed by atoms with Crippen LogP contribution in [0, 0.1) is 0 Å². The SMILES string of the molecule is O=C(Cc1ccc(NC(=O)NCc2ccc(Cl)cc2)cc1)NCCO. The zero-order valence-electron chi connectivity index (χ0n) is 13.6. The van der Waals surface area contributed by atoms with Crippen LogP contribution in [0.3, 0.4) is 0 Å². The van der Waals surface area contributed by atoms with E-state index in [9.17, 15) is 9.59 Å². The van der Waals surface area contributed by atoms with Crippen molar-refractivity contribution in [3.8, 4) is 0 Å². The van der Waals surface area contributed by atoms with Crippen molar-refractivity contribution >= 4 is 29.2 Å². The number of amides is 3. The van der Waals surface area contributed by atoms with Crippen LogP contribution in [0.25, 0.3) is 0 Å². The number of anilines is 1. The maximum absolute atomic E-state index is 11.9. The fourth-order valence-corrected chi connectivity index (χ4v) is 2.24. The minimum atomic E-state index is -0.316. The van der Waals surface area contributed by atoms with Crippen molar-refractivity contribution in [1.29, 1.82) is 0 Å². The smallest absolute Gasteiger partial charge is 0.319 e. The molecule has 0 saturated carbocycles. The molecule has 0 aromatic heterocycles. The van der Waals surface area contributed by atoms with Gasteiger partial charge in [0.2, 0.25) is 5.91 Å². The van der Waals surface area contributed by atoms with Crippen LogP contribution < -0.4 is 16.0 Å². The summed E-state index contributed by atoms with van der Waals surface area (Å²) in [5.41, 5.74) is 2.40. The first-order chi connectivity index (χ1) is 12.1. The van der Waals surface area contributed by atoms with Gasteiger partial charge in [0.1, 0.15) is 0 Å². The van der Waals surface area contributed by atoms with Crippen molar-refractivity contribution in [2.24, 2.45) is 0 Å². The van der Waals surface area contributed by atoms with E-state index in [1.807, 2.05) is 12.1 Å². The molecule has 4 N–H and O–H groups in total. The van der Waals surface area contributed by atoms with Gasteiger partial charge >= 0.3 is 6.03 Å². The topological polar surface area (TPSA) is 90.5 Å². The molecule has 0 heterocycles. The highest BCUT2D eigenvalue weighted by atomic mass is 35.5. The predicted octanol–water partition coefficient (Wildman–Crippen LogP) is 2.31. The lowest BCUT2D eigenvalue weighted by molar-refractivity contribution is -0.120. The Hall–Kier alpha value is -2.57. The third-order valence-corrected chi connectivity index (χ3v) is 3.63. The molecular formula is C18H20ClN3O3. The van der Waals surface area contributed by atoms with Crippen molar-refractivity contribution in [2.45, 2.75) is 13.0 Å². The number of halogens is 1. The summed E-state index contributed by atoms with van der Waals surface area (Å²) >= 11 is 5.82. The summed E-state index contributed by atoms with van der Waals surface area (Å²) in [6, 6.07) is 13.9. The highest BCUT2D eigenvalue weighted by molar-refractivity contribution is 6.30. The minimum absolute atomic E-state index is 0.0836. The Morgan fingerprint density at radius 3 is 2.20 bits per heavy atom. The van der Waals surface area contributed by atoms with Crippen molar-refractivity contribution in [2.75, 3.05) is 18.5 Å². The molecule has 132 valence electrons. The highest BCUT2D eigenvalue weighted by Gasteiger charge is 2.05. The molecule has 2 rings (SSSR count). The monoisotopic (exact) mass is 361 g/mol. The molecule has 7 heteroatoms. The molecule has 0 aliphatic heterocycles. The second-order valence-electron chi connectivity index (χ2n) is 5.38. The molecule has 6 nitrogen and oxygen atoms in total. The molecule has 0 radical (unpaired) electrons. The number of aliphatic hydroxyl groups excluding tert-OH is 1. The highest BCUT2D eigenvalue weighted by Crippen LogP contribution is 2.11. The molecule has 0 atom stereocenters. The summed E-state index contributed by atoms with van der Waals surface area (Å²) in [4.78, 5) is 23.5. The van der Waals surface area contributed by atoms with E-state index in [0.717, 1.165) is 11.1 Å². The number of aliphatic hydroxyl groups is 1. The van der Waals surface area contributed by atoms with Crippen LogP contribution in [0.5, 0.6) is 0 Å². The first-order valence-corrected chi connectivity index (χ1v) is 8.20. The van der Waals surface area contributed by atoms with Crippen LogP contribution in [0.1, 0.15) is 11.1 Å². The minimum Gasteiger partial charge on any atom is -0.395 e. The van der Waals surface area contributed by atoms with E-state index in [2.05, 4.69) is 16.0 Å². The maximum Gasteiger partial charge on any atom is 0.319 e. The molecule has 0 aliphatic rings. The summed E-state index contributed by atoms with van der Waals surface area (Å²) in [6.45, 7) is 0.554. The van der Waals surface area contributed by atoms with Crippen LogP contribution in [0.4, 0.5) is 10.5 Å². The zero-order chi connectivity index (χ0) is 18.1. The summed E-state index contributed by atoms with van der Waals surface area (Å²) in [7, 11) is 0. The molecule has 25 heavy (non-hydrogen) atoms. The Kier molecular flexibility index (Phi) is 7.25. The average molecular weight is 362 g/mol. The van der Waals surface area contributed by atoms with E-state index in [1.165, 1.54) is 0 Å². The summed E-state index contributed by atoms with van der Waals surface area (Å²) in [5.74, 6) is -0.157. The van der Waals surface area contributed by atoms with Gasteiger partial charge in [-0.05, 0) is 35.4 Å². The van der Waals surface area contributed by atoms with Gasteiger partial charge < -0.3 is 21.1 Å². The third-order valence-electron chi connectivity index (χ3n) is 3.38. The number of rotatable bonds is 7. The summed E-state index contributed by atoms with van der Waals surface area (Å²) < 4.78 is 0. The molecule has 3 amide bonds. The fraction of sp³-hybridized carbons (Fsp3) is 0.222. The van der Waals surface area contributed by atoms with Gasteiger partial charge in [0.05, 0.1) is 13.0 Å². The van der Waals surface area contributed by atoms with E-state index < -0.39 is 0 Å². The standard InChI is InChI=1S/C18H20ClN3O3/c19-15-5-1-14(2-6-15)12-21-18(25)22-16-7-3-13(4-8-16)11-17(24)20-9-10-23/h1-8,23H,9-12H2,(H,20,24)(H2,21,22,25). The van der Waals surface area contributed by atoms with E-state index in [1.54, 1.807) is 36.4 Å². The molecule has 0 spiro atoms. The van der Waals surface area contributed by atoms with Crippen LogP contribution in [-0.4, -0.2) is 30.2 Å². The Bertz CT molecular complexity index is 703. The molecule has 2 aromatic carbocycles. The number of carbonyl (C=O) groups is 2. The van der Waals surface area contributed by atoms with Crippen molar-refractivity contribution < 1.29 is 14.7 Å². The number of hydrogen-bond donors (Lipinski definition) is 4. The lowest BCUT2D eigenvalue weighted by Crippen LogP contribution is -2.28. The average Bonchev–Trinajstić information content (AvgIpc) is 2.61. The Labute approximate surface area is 151 Å². The van der Waals surface area contributed by atoms with Crippen LogP contribution in [0.15, 0.2) is 48.5 Å². The lowest BCUT2D eigenvalue weighted by atomic mass is 10.1. The molecule has 0 bridgehead atoms. The molecule has 0 unspecified atom stereocenters. The Morgan fingerprint density at radius 1 is 0.920 bits per heavy atom. The molecule has 0 fully saturated rings. The van der Waals surface area contributed by atoms with E-state index in [0.29, 0.717) is 17.3 Å². The molecule has 2 aromatic rings. The van der Waals surface area contributed by atoms with Gasteiger partial charge in [0.15, 0.2) is 0 Å². The van der Waals surface area contributed by atoms with Gasteiger partial charge in [0.25, 0.3) is 0 Å². The normalized spacial score (nSPS) is 10.2. The van der Waals surface area contributed by atoms with E-state index in [4.69, 9.17) is 16.7 Å². The van der Waals surface area contributed by atoms with Gasteiger partial charge in [-0.1, -0.05) is 35.9 Å². The number of benzene rings is 2. The first kappa shape index (κ1) is 18.8. The van der Waals surface area contributed by atoms with Gasteiger partial charge in [-0.3, -0.25) is 4.79 Å². The van der Waals surface area contributed by atoms with Gasteiger partial charge in [-0.25, -0.2) is 4.79 Å². The zero-order valence-corrected chi connectivity index (χ0v) is 14.3. The maximum atomic E-state index is 11.9. The number of carbonyl (C=O) groups excluding carboxylic acids is 2. The van der Waals surface area contributed by atoms with Gasteiger partial charge in [0, 0.05) is 23.8 Å². The van der Waals surface area contributed by atoms with Crippen molar-refractivity contribution in [3.05, 3.63) is 64.7 Å². The van der Waals surface area contributed by atoms with E-state index in [-0.39, 0.29) is 31.5 Å². The second kappa shape index (κ2) is 9.66. The van der Waals surface area contributed by atoms with Gasteiger partial charge in [-0.2, -0.15) is 0 Å². The van der Waals surface area contributed by atoms with E-state index >= 15 is 0 Å². The quantitative estimate of drug-likeness (QED) is 0.610. The van der Waals surface area contributed by atoms with Crippen LogP contribution in [-0.2, 0) is 17.8 Å². The van der Waals surface area contributed by atoms with Gasteiger partial charge in [-0.15, -0.1) is 0 Å². The molecular weight excluding hydrogens is 342 g/mol. The lowest BCUT2D eigenvalue weighted by Gasteiger charge is -2.09. The summed E-state index contributed by atoms with van der Waals surface area (Å²) in [5, 5.41) is 17.4. The molecule has 0 aliphatic carbocycles. The largest absolute Gasteiger partial charge is 0.395 e. The number of urea groups is 1. The predicted molar refractivity (Wildman–Crippen MR) is 97.6 cm³/mol. The number of nitrogens with one attached hydrogen (secondary N) is 3. The fourth-order valence-electron chi connectivity index (χ4n) is 2.11. The number of hydrogen-bond acceptors (Lipinski definition) is 3. The Balaban J connectivity index is 1.78.